The lowest BCUT2D eigenvalue weighted by molar-refractivity contribution is -0.134. The van der Waals surface area contributed by atoms with E-state index in [1.54, 1.807) is 0 Å². The number of hydrogen-bond acceptors (Lipinski definition) is 4. The molecular formula is C21H33NO4. The van der Waals surface area contributed by atoms with Gasteiger partial charge in [-0.3, -0.25) is 4.79 Å². The molecule has 5 nitrogen and oxygen atoms in total. The van der Waals surface area contributed by atoms with Crippen LogP contribution in [-0.4, -0.2) is 33.2 Å². The van der Waals surface area contributed by atoms with Crippen molar-refractivity contribution in [2.75, 3.05) is 0 Å². The Kier molecular flexibility index (Phi) is 5.22. The van der Waals surface area contributed by atoms with Crippen LogP contribution in [0.4, 0.5) is 0 Å². The highest BCUT2D eigenvalue weighted by Gasteiger charge is 2.57. The normalized spacial score (nSPS) is 45.5. The van der Waals surface area contributed by atoms with Gasteiger partial charge in [-0.05, 0) is 74.5 Å². The lowest BCUT2D eigenvalue weighted by atomic mass is 9.48. The summed E-state index contributed by atoms with van der Waals surface area (Å²) in [6, 6.07) is 0. The summed E-state index contributed by atoms with van der Waals surface area (Å²) < 4.78 is 0. The Bertz CT molecular complexity index is 624. The second kappa shape index (κ2) is 6.99. The lowest BCUT2D eigenvalue weighted by Crippen LogP contribution is -2.50. The summed E-state index contributed by atoms with van der Waals surface area (Å²) in [5, 5.41) is 30.5. The first-order valence-corrected chi connectivity index (χ1v) is 10.0. The van der Waals surface area contributed by atoms with Gasteiger partial charge in [0.1, 0.15) is 0 Å². The Morgan fingerprint density at radius 3 is 2.42 bits per heavy atom. The van der Waals surface area contributed by atoms with Crippen molar-refractivity contribution < 1.29 is 20.2 Å². The highest BCUT2D eigenvalue weighted by atomic mass is 16.4. The Morgan fingerprint density at radius 2 is 1.77 bits per heavy atom. The minimum absolute atomic E-state index is 0.121. The average Bonchev–Trinajstić information content (AvgIpc) is 2.91. The molecule has 4 aliphatic rings. The van der Waals surface area contributed by atoms with Crippen LogP contribution in [0.2, 0.25) is 0 Å². The number of aliphatic hydroxyl groups excluding tert-OH is 1. The number of aliphatic hydroxyl groups is 1. The van der Waals surface area contributed by atoms with E-state index in [-0.39, 0.29) is 11.5 Å². The number of hydrogen-bond donors (Lipinski definition) is 3. The fraction of sp³-hybridized carbons (Fsp3) is 0.810. The van der Waals surface area contributed by atoms with Gasteiger partial charge >= 0.3 is 0 Å². The summed E-state index contributed by atoms with van der Waals surface area (Å²) in [5.74, 6) is 1.34. The summed E-state index contributed by atoms with van der Waals surface area (Å²) in [4.78, 5) is 9.00. The summed E-state index contributed by atoms with van der Waals surface area (Å²) in [6.45, 7) is 5.88. The number of allylic oxidation sites excluding steroid dienone is 1. The zero-order chi connectivity index (χ0) is 19.1. The minimum atomic E-state index is -0.833. The fourth-order valence-electron chi connectivity index (χ4n) is 6.59. The quantitative estimate of drug-likeness (QED) is 0.341. The molecule has 0 bridgehead atoms. The van der Waals surface area contributed by atoms with Gasteiger partial charge in [0.05, 0.1) is 11.8 Å². The molecule has 3 N–H and O–H groups in total. The third-order valence-electron chi connectivity index (χ3n) is 7.94. The molecule has 0 radical (unpaired) electrons. The molecule has 3 saturated carbocycles. The predicted octanol–water partition coefficient (Wildman–Crippen LogP) is 4.23. The monoisotopic (exact) mass is 363 g/mol. The van der Waals surface area contributed by atoms with E-state index in [0.29, 0.717) is 11.3 Å². The third kappa shape index (κ3) is 3.08. The van der Waals surface area contributed by atoms with Crippen molar-refractivity contribution >= 4 is 11.7 Å². The van der Waals surface area contributed by atoms with E-state index in [1.165, 1.54) is 31.3 Å². The van der Waals surface area contributed by atoms with Crippen molar-refractivity contribution in [3.63, 3.8) is 0 Å². The summed E-state index contributed by atoms with van der Waals surface area (Å²) in [5.41, 5.74) is 3.02. The van der Waals surface area contributed by atoms with Crippen molar-refractivity contribution in [2.24, 2.45) is 33.7 Å². The first-order valence-electron chi connectivity index (χ1n) is 10.0. The van der Waals surface area contributed by atoms with Crippen LogP contribution in [0.15, 0.2) is 16.8 Å². The van der Waals surface area contributed by atoms with Crippen molar-refractivity contribution in [1.29, 1.82) is 0 Å². The SMILES string of the molecule is CC(=O)O.C[C@]12CC[C@H](O)CC1=CC[C@@H]1[C@@H]2CC[C@]2(C)/C(=N\O)CC[C@@H]12. The molecule has 0 unspecified atom stereocenters. The van der Waals surface area contributed by atoms with Gasteiger partial charge in [-0.2, -0.15) is 0 Å². The van der Waals surface area contributed by atoms with Crippen LogP contribution >= 0.6 is 0 Å². The molecule has 6 atom stereocenters. The first-order chi connectivity index (χ1) is 12.2. The standard InChI is InChI=1S/C19H29NO2.C2H4O2/c1-18-9-7-13(21)11-12(18)3-4-14-15-5-6-17(20-22)19(15,2)10-8-16(14)18;1-2(3)4/h3,13-16,21-22H,4-11H2,1-2H3;1H3,(H,3,4)/b20-17-;/t13-,14-,15-,16-,18-,19-;/m0./s1. The van der Waals surface area contributed by atoms with Crippen molar-refractivity contribution in [3.05, 3.63) is 11.6 Å². The molecule has 4 aliphatic carbocycles. The van der Waals surface area contributed by atoms with Gasteiger partial charge in [0.25, 0.3) is 5.97 Å². The van der Waals surface area contributed by atoms with Crippen LogP contribution < -0.4 is 0 Å². The smallest absolute Gasteiger partial charge is 0.300 e. The molecule has 0 saturated heterocycles. The van der Waals surface area contributed by atoms with Crippen LogP contribution in [0.1, 0.15) is 72.1 Å². The van der Waals surface area contributed by atoms with E-state index in [9.17, 15) is 10.3 Å². The minimum Gasteiger partial charge on any atom is -0.481 e. The van der Waals surface area contributed by atoms with Crippen molar-refractivity contribution in [1.82, 2.24) is 0 Å². The molecule has 26 heavy (non-hydrogen) atoms. The first kappa shape index (κ1) is 19.4. The molecule has 0 aliphatic heterocycles. The summed E-state index contributed by atoms with van der Waals surface area (Å²) >= 11 is 0. The predicted molar refractivity (Wildman–Crippen MR) is 100 cm³/mol. The van der Waals surface area contributed by atoms with Gasteiger partial charge < -0.3 is 15.4 Å². The second-order valence-electron chi connectivity index (χ2n) is 9.22. The lowest BCUT2D eigenvalue weighted by Gasteiger charge is -2.57. The van der Waals surface area contributed by atoms with E-state index < -0.39 is 5.97 Å². The van der Waals surface area contributed by atoms with E-state index in [2.05, 4.69) is 25.1 Å². The molecule has 5 heteroatoms. The summed E-state index contributed by atoms with van der Waals surface area (Å²) in [6.07, 6.45) is 11.1. The Labute approximate surface area is 156 Å². The highest BCUT2D eigenvalue weighted by molar-refractivity contribution is 5.92. The zero-order valence-corrected chi connectivity index (χ0v) is 16.2. The van der Waals surface area contributed by atoms with Crippen LogP contribution in [0.3, 0.4) is 0 Å². The van der Waals surface area contributed by atoms with E-state index in [1.807, 2.05) is 0 Å². The van der Waals surface area contributed by atoms with E-state index >= 15 is 0 Å². The van der Waals surface area contributed by atoms with Crippen molar-refractivity contribution in [2.45, 2.75) is 78.2 Å². The molecule has 4 rings (SSSR count). The number of rotatable bonds is 0. The number of fused-ring (bicyclic) bond motifs is 5. The maximum atomic E-state index is 10.0. The topological polar surface area (TPSA) is 90.1 Å². The fourth-order valence-corrected chi connectivity index (χ4v) is 6.59. The van der Waals surface area contributed by atoms with Crippen LogP contribution in [0.5, 0.6) is 0 Å². The zero-order valence-electron chi connectivity index (χ0n) is 16.2. The largest absolute Gasteiger partial charge is 0.481 e. The summed E-state index contributed by atoms with van der Waals surface area (Å²) in [7, 11) is 0. The van der Waals surface area contributed by atoms with E-state index in [4.69, 9.17) is 9.90 Å². The van der Waals surface area contributed by atoms with Crippen LogP contribution in [0.25, 0.3) is 0 Å². The molecule has 0 heterocycles. The maximum Gasteiger partial charge on any atom is 0.300 e. The van der Waals surface area contributed by atoms with Gasteiger partial charge in [0, 0.05) is 12.3 Å². The third-order valence-corrected chi connectivity index (χ3v) is 7.94. The number of carboxylic acids is 1. The second-order valence-corrected chi connectivity index (χ2v) is 9.22. The van der Waals surface area contributed by atoms with Gasteiger partial charge in [0.2, 0.25) is 0 Å². The number of aliphatic carboxylic acids is 1. The van der Waals surface area contributed by atoms with Gasteiger partial charge in [-0.15, -0.1) is 0 Å². The van der Waals surface area contributed by atoms with Crippen LogP contribution in [0, 0.1) is 28.6 Å². The van der Waals surface area contributed by atoms with Gasteiger partial charge in [-0.25, -0.2) is 0 Å². The number of carbonyl (C=O) groups is 1. The number of carboxylic acid groups (broad SMARTS) is 1. The van der Waals surface area contributed by atoms with Crippen LogP contribution in [-0.2, 0) is 4.79 Å². The Hall–Kier alpha value is -1.36. The molecule has 0 aromatic heterocycles. The molecular weight excluding hydrogens is 330 g/mol. The van der Waals surface area contributed by atoms with Crippen molar-refractivity contribution in [3.8, 4) is 0 Å². The maximum absolute atomic E-state index is 10.0. The molecule has 0 aromatic carbocycles. The average molecular weight is 363 g/mol. The Morgan fingerprint density at radius 1 is 1.15 bits per heavy atom. The molecule has 3 fully saturated rings. The number of nitrogens with zero attached hydrogens (tertiary/aromatic N) is 1. The molecule has 0 amide bonds. The van der Waals surface area contributed by atoms with Gasteiger partial charge in [-0.1, -0.05) is 30.7 Å². The molecule has 0 spiro atoms. The Balaban J connectivity index is 0.000000447. The van der Waals surface area contributed by atoms with Gasteiger partial charge in [0.15, 0.2) is 0 Å². The molecule has 0 aromatic rings. The highest BCUT2D eigenvalue weighted by Crippen LogP contribution is 2.64. The number of oxime groups is 1. The van der Waals surface area contributed by atoms with E-state index in [0.717, 1.165) is 50.2 Å². The molecule has 146 valence electrons.